The molecule has 0 aromatic carbocycles. The molecule has 1 aromatic heterocycles. The maximum Gasteiger partial charge on any atom is 0.0638 e. The molecule has 2 heterocycles. The van der Waals surface area contributed by atoms with E-state index in [1.165, 1.54) is 5.56 Å². The van der Waals surface area contributed by atoms with Crippen LogP contribution in [0.2, 0.25) is 0 Å². The summed E-state index contributed by atoms with van der Waals surface area (Å²) in [4.78, 5) is 2.50. The Kier molecular flexibility index (Phi) is 4.60. The molecular weight excluding hydrogens is 240 g/mol. The molecule has 5 nitrogen and oxygen atoms in total. The molecule has 108 valence electrons. The number of nitrogens with zero attached hydrogens (tertiary/aromatic N) is 2. The van der Waals surface area contributed by atoms with Gasteiger partial charge in [0.1, 0.15) is 0 Å². The van der Waals surface area contributed by atoms with Gasteiger partial charge in [-0.05, 0) is 27.7 Å². The van der Waals surface area contributed by atoms with E-state index in [2.05, 4.69) is 41.2 Å². The number of rotatable bonds is 5. The third-order valence-electron chi connectivity index (χ3n) is 4.01. The van der Waals surface area contributed by atoms with Crippen LogP contribution >= 0.6 is 0 Å². The van der Waals surface area contributed by atoms with Crippen LogP contribution in [0, 0.1) is 13.8 Å². The fourth-order valence-corrected chi connectivity index (χ4v) is 2.61. The number of aromatic nitrogens is 2. The van der Waals surface area contributed by atoms with E-state index in [4.69, 9.17) is 4.74 Å². The Bertz CT molecular complexity index is 388. The van der Waals surface area contributed by atoms with Crippen molar-refractivity contribution in [3.63, 3.8) is 0 Å². The van der Waals surface area contributed by atoms with Crippen LogP contribution in [0.3, 0.4) is 0 Å². The minimum atomic E-state index is 0.162. The summed E-state index contributed by atoms with van der Waals surface area (Å²) in [6.45, 7) is 14.3. The highest BCUT2D eigenvalue weighted by molar-refractivity contribution is 5.22. The minimum absolute atomic E-state index is 0.162. The molecule has 2 N–H and O–H groups in total. The summed E-state index contributed by atoms with van der Waals surface area (Å²) < 4.78 is 5.42. The monoisotopic (exact) mass is 266 g/mol. The molecule has 0 atom stereocenters. The Morgan fingerprint density at radius 1 is 1.32 bits per heavy atom. The average molecular weight is 266 g/mol. The maximum atomic E-state index is 5.42. The second kappa shape index (κ2) is 6.03. The standard InChI is InChI=1S/C14H26N4O/c1-11-13(12(2)17-16-11)9-15-10-14(3,4)18-5-7-19-8-6-18/h15H,5-10H2,1-4H3,(H,16,17). The summed E-state index contributed by atoms with van der Waals surface area (Å²) >= 11 is 0. The molecule has 0 radical (unpaired) electrons. The Morgan fingerprint density at radius 2 is 2.00 bits per heavy atom. The molecular formula is C14H26N4O. The molecule has 5 heteroatoms. The van der Waals surface area contributed by atoms with E-state index in [9.17, 15) is 0 Å². The van der Waals surface area contributed by atoms with Gasteiger partial charge in [0.15, 0.2) is 0 Å². The number of ether oxygens (including phenoxy) is 1. The van der Waals surface area contributed by atoms with Crippen molar-refractivity contribution < 1.29 is 4.74 Å². The highest BCUT2D eigenvalue weighted by Crippen LogP contribution is 2.16. The third-order valence-corrected chi connectivity index (χ3v) is 4.01. The molecule has 1 aliphatic heterocycles. The van der Waals surface area contributed by atoms with Gasteiger partial charge < -0.3 is 10.1 Å². The summed E-state index contributed by atoms with van der Waals surface area (Å²) in [5, 5.41) is 10.8. The van der Waals surface area contributed by atoms with Gasteiger partial charge in [-0.1, -0.05) is 0 Å². The zero-order valence-electron chi connectivity index (χ0n) is 12.5. The van der Waals surface area contributed by atoms with Crippen molar-refractivity contribution >= 4 is 0 Å². The van der Waals surface area contributed by atoms with Crippen molar-refractivity contribution in [2.24, 2.45) is 0 Å². The van der Waals surface area contributed by atoms with Crippen LogP contribution in [0.1, 0.15) is 30.8 Å². The van der Waals surface area contributed by atoms with Gasteiger partial charge in [0.25, 0.3) is 0 Å². The highest BCUT2D eigenvalue weighted by atomic mass is 16.5. The van der Waals surface area contributed by atoms with E-state index in [0.29, 0.717) is 0 Å². The number of aromatic amines is 1. The summed E-state index contributed by atoms with van der Waals surface area (Å²) in [7, 11) is 0. The second-order valence-corrected chi connectivity index (χ2v) is 5.93. The number of hydrogen-bond donors (Lipinski definition) is 2. The van der Waals surface area contributed by atoms with Crippen LogP contribution in [0.4, 0.5) is 0 Å². The lowest BCUT2D eigenvalue weighted by atomic mass is 10.0. The SMILES string of the molecule is Cc1n[nH]c(C)c1CNCC(C)(C)N1CCOCC1. The van der Waals surface area contributed by atoms with E-state index in [-0.39, 0.29) is 5.54 Å². The smallest absolute Gasteiger partial charge is 0.0638 e. The summed E-state index contributed by atoms with van der Waals surface area (Å²) in [6, 6.07) is 0. The first-order valence-corrected chi connectivity index (χ1v) is 7.04. The third kappa shape index (κ3) is 3.55. The van der Waals surface area contributed by atoms with E-state index in [1.807, 2.05) is 6.92 Å². The summed E-state index contributed by atoms with van der Waals surface area (Å²) in [6.07, 6.45) is 0. The zero-order chi connectivity index (χ0) is 13.9. The van der Waals surface area contributed by atoms with Crippen LogP contribution in [0.25, 0.3) is 0 Å². The number of nitrogens with one attached hydrogen (secondary N) is 2. The Morgan fingerprint density at radius 3 is 2.58 bits per heavy atom. The van der Waals surface area contributed by atoms with Gasteiger partial charge in [0.2, 0.25) is 0 Å². The Balaban J connectivity index is 1.84. The molecule has 0 bridgehead atoms. The Labute approximate surface area is 115 Å². The number of aryl methyl sites for hydroxylation is 2. The van der Waals surface area contributed by atoms with Gasteiger partial charge >= 0.3 is 0 Å². The topological polar surface area (TPSA) is 53.2 Å². The van der Waals surface area contributed by atoms with E-state index >= 15 is 0 Å². The van der Waals surface area contributed by atoms with Crippen molar-refractivity contribution in [1.82, 2.24) is 20.4 Å². The van der Waals surface area contributed by atoms with Crippen molar-refractivity contribution in [2.75, 3.05) is 32.8 Å². The Hall–Kier alpha value is -0.910. The molecule has 1 aromatic rings. The number of morpholine rings is 1. The van der Waals surface area contributed by atoms with Crippen LogP contribution in [0.15, 0.2) is 0 Å². The summed E-state index contributed by atoms with van der Waals surface area (Å²) in [5.41, 5.74) is 3.70. The van der Waals surface area contributed by atoms with Crippen molar-refractivity contribution in [1.29, 1.82) is 0 Å². The van der Waals surface area contributed by atoms with E-state index in [0.717, 1.165) is 50.8 Å². The van der Waals surface area contributed by atoms with Gasteiger partial charge in [-0.2, -0.15) is 5.10 Å². The summed E-state index contributed by atoms with van der Waals surface area (Å²) in [5.74, 6) is 0. The quantitative estimate of drug-likeness (QED) is 0.841. The lowest BCUT2D eigenvalue weighted by molar-refractivity contribution is -0.00967. The van der Waals surface area contributed by atoms with Crippen molar-refractivity contribution in [3.05, 3.63) is 17.0 Å². The lowest BCUT2D eigenvalue weighted by Crippen LogP contribution is -2.54. The minimum Gasteiger partial charge on any atom is -0.379 e. The first-order chi connectivity index (χ1) is 9.00. The van der Waals surface area contributed by atoms with E-state index in [1.54, 1.807) is 0 Å². The molecule has 19 heavy (non-hydrogen) atoms. The van der Waals surface area contributed by atoms with Gasteiger partial charge in [-0.3, -0.25) is 10.00 Å². The molecule has 0 aliphatic carbocycles. The van der Waals surface area contributed by atoms with Gasteiger partial charge in [0.05, 0.1) is 18.9 Å². The maximum absolute atomic E-state index is 5.42. The highest BCUT2D eigenvalue weighted by Gasteiger charge is 2.27. The molecule has 1 fully saturated rings. The van der Waals surface area contributed by atoms with Crippen molar-refractivity contribution in [3.8, 4) is 0 Å². The normalized spacial score (nSPS) is 17.9. The van der Waals surface area contributed by atoms with Gasteiger partial charge in [-0.25, -0.2) is 0 Å². The van der Waals surface area contributed by atoms with Crippen LogP contribution in [-0.4, -0.2) is 53.5 Å². The van der Waals surface area contributed by atoms with Gasteiger partial charge in [-0.15, -0.1) is 0 Å². The molecule has 0 amide bonds. The largest absolute Gasteiger partial charge is 0.379 e. The average Bonchev–Trinajstić information content (AvgIpc) is 2.71. The molecule has 1 aliphatic rings. The fraction of sp³-hybridized carbons (Fsp3) is 0.786. The zero-order valence-corrected chi connectivity index (χ0v) is 12.5. The van der Waals surface area contributed by atoms with Gasteiger partial charge in [0, 0.05) is 43.0 Å². The van der Waals surface area contributed by atoms with Crippen LogP contribution < -0.4 is 5.32 Å². The first-order valence-electron chi connectivity index (χ1n) is 7.04. The second-order valence-electron chi connectivity index (χ2n) is 5.93. The lowest BCUT2D eigenvalue weighted by Gasteiger charge is -2.41. The van der Waals surface area contributed by atoms with Crippen LogP contribution in [-0.2, 0) is 11.3 Å². The first kappa shape index (κ1) is 14.5. The molecule has 0 spiro atoms. The predicted molar refractivity (Wildman–Crippen MR) is 76.2 cm³/mol. The number of H-pyrrole nitrogens is 1. The molecule has 0 unspecified atom stereocenters. The van der Waals surface area contributed by atoms with Crippen molar-refractivity contribution in [2.45, 2.75) is 39.8 Å². The van der Waals surface area contributed by atoms with E-state index < -0.39 is 0 Å². The molecule has 2 rings (SSSR count). The fourth-order valence-electron chi connectivity index (χ4n) is 2.61. The number of hydrogen-bond acceptors (Lipinski definition) is 4. The van der Waals surface area contributed by atoms with Crippen LogP contribution in [0.5, 0.6) is 0 Å². The predicted octanol–water partition coefficient (Wildman–Crippen LogP) is 1.23. The molecule has 0 saturated carbocycles. The molecule has 1 saturated heterocycles.